The number of carbonyl (C=O) groups excluding carboxylic acids is 1. The van der Waals surface area contributed by atoms with Gasteiger partial charge in [0.25, 0.3) is 5.89 Å². The zero-order valence-corrected chi connectivity index (χ0v) is 17.1. The van der Waals surface area contributed by atoms with Gasteiger partial charge < -0.3 is 9.42 Å². The Kier molecular flexibility index (Phi) is 5.10. The van der Waals surface area contributed by atoms with Gasteiger partial charge in [0.05, 0.1) is 12.1 Å². The second kappa shape index (κ2) is 8.19. The third-order valence-electron chi connectivity index (χ3n) is 5.14. The second-order valence-electron chi connectivity index (χ2n) is 7.16. The van der Waals surface area contributed by atoms with E-state index in [1.807, 2.05) is 46.7 Å². The molecule has 0 N–H and O–H groups in total. The van der Waals surface area contributed by atoms with E-state index in [0.29, 0.717) is 24.7 Å². The van der Waals surface area contributed by atoms with Crippen LogP contribution in [0.2, 0.25) is 0 Å². The maximum absolute atomic E-state index is 12.3. The minimum atomic E-state index is 0.183. The van der Waals surface area contributed by atoms with Crippen LogP contribution in [0.4, 0.5) is 0 Å². The van der Waals surface area contributed by atoms with Gasteiger partial charge in [0.2, 0.25) is 11.7 Å². The largest absolute Gasteiger partial charge is 0.343 e. The first-order chi connectivity index (χ1) is 14.8. The number of hydrogen-bond donors (Lipinski definition) is 0. The van der Waals surface area contributed by atoms with Gasteiger partial charge in [0.15, 0.2) is 0 Å². The maximum Gasteiger partial charge on any atom is 0.250 e. The molecule has 30 heavy (non-hydrogen) atoms. The van der Waals surface area contributed by atoms with Gasteiger partial charge in [-0.2, -0.15) is 4.98 Å². The molecule has 3 aromatic heterocycles. The topological polar surface area (TPSA) is 89.9 Å². The van der Waals surface area contributed by atoms with Crippen molar-refractivity contribution in [1.29, 1.82) is 0 Å². The number of nitrogens with zero attached hydrogens (tertiary/aromatic N) is 6. The first-order valence-corrected chi connectivity index (χ1v) is 10.8. The molecule has 0 radical (unpaired) electrons. The van der Waals surface area contributed by atoms with Gasteiger partial charge in [-0.05, 0) is 48.6 Å². The van der Waals surface area contributed by atoms with Crippen LogP contribution in [0.1, 0.15) is 30.0 Å². The minimum absolute atomic E-state index is 0.183. The first kappa shape index (κ1) is 18.7. The van der Waals surface area contributed by atoms with Gasteiger partial charge >= 0.3 is 0 Å². The van der Waals surface area contributed by atoms with Crippen molar-refractivity contribution in [2.45, 2.75) is 25.8 Å². The predicted octanol–water partition coefficient (Wildman–Crippen LogP) is 3.73. The summed E-state index contributed by atoms with van der Waals surface area (Å²) in [5, 5.41) is 14.5. The summed E-state index contributed by atoms with van der Waals surface area (Å²) in [5.41, 5.74) is 2.43. The zero-order chi connectivity index (χ0) is 20.3. The van der Waals surface area contributed by atoms with Crippen LogP contribution in [0.3, 0.4) is 0 Å². The van der Waals surface area contributed by atoms with E-state index >= 15 is 0 Å². The maximum atomic E-state index is 12.3. The summed E-state index contributed by atoms with van der Waals surface area (Å²) in [6, 6.07) is 9.76. The second-order valence-corrected chi connectivity index (χ2v) is 8.14. The van der Waals surface area contributed by atoms with Crippen molar-refractivity contribution in [3.63, 3.8) is 0 Å². The Hall–Kier alpha value is -3.33. The molecule has 1 saturated heterocycles. The summed E-state index contributed by atoms with van der Waals surface area (Å²) >= 11 is 1.64. The molecule has 8 nitrogen and oxygen atoms in total. The van der Waals surface area contributed by atoms with Crippen LogP contribution in [0.5, 0.6) is 0 Å². The Labute approximate surface area is 176 Å². The van der Waals surface area contributed by atoms with E-state index in [-0.39, 0.29) is 5.91 Å². The van der Waals surface area contributed by atoms with Crippen LogP contribution in [-0.2, 0) is 11.3 Å². The predicted molar refractivity (Wildman–Crippen MR) is 114 cm³/mol. The molecule has 0 saturated carbocycles. The number of aryl methyl sites for hydroxylation is 1. The molecule has 152 valence electrons. The molecular weight excluding hydrogens is 400 g/mol. The number of aromatic nitrogens is 5. The van der Waals surface area contributed by atoms with Gasteiger partial charge in [-0.25, -0.2) is 4.68 Å². The summed E-state index contributed by atoms with van der Waals surface area (Å²) in [6.45, 7) is 2.26. The van der Waals surface area contributed by atoms with E-state index in [4.69, 9.17) is 4.52 Å². The molecule has 4 aromatic rings. The highest BCUT2D eigenvalue weighted by Gasteiger charge is 2.18. The fourth-order valence-electron chi connectivity index (χ4n) is 3.56. The van der Waals surface area contributed by atoms with Crippen molar-refractivity contribution in [2.75, 3.05) is 13.1 Å². The minimum Gasteiger partial charge on any atom is -0.343 e. The van der Waals surface area contributed by atoms with Crippen LogP contribution >= 0.6 is 11.3 Å². The van der Waals surface area contributed by atoms with Crippen molar-refractivity contribution in [2.24, 2.45) is 0 Å². The van der Waals surface area contributed by atoms with E-state index < -0.39 is 0 Å². The summed E-state index contributed by atoms with van der Waals surface area (Å²) in [5.74, 6) is 1.13. The third kappa shape index (κ3) is 3.88. The highest BCUT2D eigenvalue weighted by Crippen LogP contribution is 2.22. The van der Waals surface area contributed by atoms with Crippen LogP contribution in [-0.4, -0.2) is 49.0 Å². The van der Waals surface area contributed by atoms with E-state index in [9.17, 15) is 4.79 Å². The van der Waals surface area contributed by atoms with E-state index in [1.54, 1.807) is 22.1 Å². The SMILES string of the molecule is O=C(CCn1nnc2cc(-c3noc(C=Cc4cccs4)n3)ccc21)N1CCCC1. The lowest BCUT2D eigenvalue weighted by atomic mass is 10.2. The Morgan fingerprint density at radius 2 is 2.10 bits per heavy atom. The van der Waals surface area contributed by atoms with Crippen molar-refractivity contribution >= 4 is 40.4 Å². The number of thiophene rings is 1. The average molecular weight is 420 g/mol. The third-order valence-corrected chi connectivity index (χ3v) is 5.98. The molecule has 9 heteroatoms. The number of likely N-dealkylation sites (tertiary alicyclic amines) is 1. The Balaban J connectivity index is 1.29. The molecule has 0 aliphatic carbocycles. The molecule has 0 unspecified atom stereocenters. The number of hydrogen-bond acceptors (Lipinski definition) is 7. The van der Waals surface area contributed by atoms with Crippen LogP contribution < -0.4 is 0 Å². The van der Waals surface area contributed by atoms with Crippen LogP contribution in [0.25, 0.3) is 34.6 Å². The molecule has 1 aromatic carbocycles. The molecule has 1 aliphatic rings. The van der Waals surface area contributed by atoms with Gasteiger partial charge in [-0.15, -0.1) is 16.4 Å². The molecule has 1 amide bonds. The lowest BCUT2D eigenvalue weighted by Crippen LogP contribution is -2.28. The van der Waals surface area contributed by atoms with E-state index in [0.717, 1.165) is 47.4 Å². The summed E-state index contributed by atoms with van der Waals surface area (Å²) in [6.07, 6.45) is 6.38. The molecule has 1 fully saturated rings. The highest BCUT2D eigenvalue weighted by atomic mass is 32.1. The fourth-order valence-corrected chi connectivity index (χ4v) is 4.18. The molecule has 4 heterocycles. The number of carbonyl (C=O) groups is 1. The highest BCUT2D eigenvalue weighted by molar-refractivity contribution is 7.10. The Morgan fingerprint density at radius 1 is 1.20 bits per heavy atom. The standard InChI is InChI=1S/C21H20N6O2S/c28-20(26-10-1-2-11-26)9-12-27-18-7-5-15(14-17(18)23-25-27)21-22-19(29-24-21)8-6-16-4-3-13-30-16/h3-8,13-14H,1-2,9-12H2. The molecule has 5 rings (SSSR count). The monoisotopic (exact) mass is 420 g/mol. The molecule has 1 aliphatic heterocycles. The molecule has 0 bridgehead atoms. The van der Waals surface area contributed by atoms with Gasteiger partial charge in [-0.3, -0.25) is 4.79 Å². The summed E-state index contributed by atoms with van der Waals surface area (Å²) in [4.78, 5) is 19.8. The number of rotatable bonds is 6. The van der Waals surface area contributed by atoms with Crippen molar-refractivity contribution in [3.8, 4) is 11.4 Å². The number of fused-ring (bicyclic) bond motifs is 1. The Bertz CT molecular complexity index is 1190. The van der Waals surface area contributed by atoms with E-state index in [2.05, 4.69) is 20.5 Å². The molecule has 0 spiro atoms. The quantitative estimate of drug-likeness (QED) is 0.472. The zero-order valence-electron chi connectivity index (χ0n) is 16.3. The number of amides is 1. The van der Waals surface area contributed by atoms with Gasteiger partial charge in [0, 0.05) is 36.0 Å². The van der Waals surface area contributed by atoms with Crippen LogP contribution in [0, 0.1) is 0 Å². The molecular formula is C21H20N6O2S. The van der Waals surface area contributed by atoms with Crippen LogP contribution in [0.15, 0.2) is 40.2 Å². The lowest BCUT2D eigenvalue weighted by Gasteiger charge is -2.14. The normalized spacial score (nSPS) is 14.3. The fraction of sp³-hybridized carbons (Fsp3) is 0.286. The Morgan fingerprint density at radius 3 is 2.93 bits per heavy atom. The van der Waals surface area contributed by atoms with Crippen molar-refractivity contribution in [1.82, 2.24) is 30.0 Å². The summed E-state index contributed by atoms with van der Waals surface area (Å²) in [7, 11) is 0. The van der Waals surface area contributed by atoms with Gasteiger partial charge in [-0.1, -0.05) is 16.4 Å². The summed E-state index contributed by atoms with van der Waals surface area (Å²) < 4.78 is 7.10. The van der Waals surface area contributed by atoms with E-state index in [1.165, 1.54) is 0 Å². The smallest absolute Gasteiger partial charge is 0.250 e. The first-order valence-electron chi connectivity index (χ1n) is 9.93. The van der Waals surface area contributed by atoms with Crippen molar-refractivity contribution in [3.05, 3.63) is 46.5 Å². The molecule has 0 atom stereocenters. The number of benzene rings is 1. The van der Waals surface area contributed by atoms with Crippen molar-refractivity contribution < 1.29 is 9.32 Å². The lowest BCUT2D eigenvalue weighted by molar-refractivity contribution is -0.130. The average Bonchev–Trinajstić information content (AvgIpc) is 3.56. The van der Waals surface area contributed by atoms with Gasteiger partial charge in [0.1, 0.15) is 5.52 Å².